The highest BCUT2D eigenvalue weighted by molar-refractivity contribution is 5.74. The number of rotatable bonds is 1. The average Bonchev–Trinajstić information content (AvgIpc) is 2.58. The second kappa shape index (κ2) is 5.83. The van der Waals surface area contributed by atoms with Gasteiger partial charge in [-0.3, -0.25) is 4.79 Å². The number of hydrogen-bond donors (Lipinski definition) is 3. The van der Waals surface area contributed by atoms with E-state index >= 15 is 0 Å². The van der Waals surface area contributed by atoms with Crippen LogP contribution in [0.15, 0.2) is 0 Å². The van der Waals surface area contributed by atoms with Crippen molar-refractivity contribution in [3.05, 3.63) is 0 Å². The molecule has 1 aliphatic carbocycles. The van der Waals surface area contributed by atoms with E-state index < -0.39 is 5.97 Å². The Hall–Kier alpha value is -0.610. The number of nitrogens with one attached hydrogen (secondary N) is 1. The van der Waals surface area contributed by atoms with Crippen LogP contribution in [0.3, 0.4) is 0 Å². The molecule has 0 aromatic rings. The van der Waals surface area contributed by atoms with Crippen LogP contribution in [0.2, 0.25) is 0 Å². The lowest BCUT2D eigenvalue weighted by atomic mass is 9.85. The van der Waals surface area contributed by atoms with Crippen molar-refractivity contribution in [2.24, 2.45) is 11.7 Å². The summed E-state index contributed by atoms with van der Waals surface area (Å²) in [5.41, 5.74) is 5.35. The highest BCUT2D eigenvalue weighted by atomic mass is 16.4. The minimum Gasteiger partial charge on any atom is -0.480 e. The molecule has 4 nitrogen and oxygen atoms in total. The molecule has 1 saturated carbocycles. The van der Waals surface area contributed by atoms with E-state index in [0.717, 1.165) is 6.42 Å². The summed E-state index contributed by atoms with van der Waals surface area (Å²) in [4.78, 5) is 10.7. The molecule has 3 unspecified atom stereocenters. The fourth-order valence-corrected chi connectivity index (χ4v) is 2.51. The van der Waals surface area contributed by atoms with Gasteiger partial charge in [-0.15, -0.1) is 0 Å². The number of aliphatic carboxylic acids is 1. The minimum absolute atomic E-state index is 0. The summed E-state index contributed by atoms with van der Waals surface area (Å²) in [5.74, 6) is -0.0377. The highest BCUT2D eigenvalue weighted by Gasteiger charge is 2.37. The number of carbonyl (C=O) groups is 1. The van der Waals surface area contributed by atoms with Crippen molar-refractivity contribution in [2.45, 2.75) is 70.5 Å². The monoisotopic (exact) mass is 242 g/mol. The molecule has 4 heteroatoms. The Bertz CT molecular complexity index is 241. The number of hydrogen-bond acceptors (Lipinski definition) is 3. The normalized spacial score (nSPS) is 32.4. The Labute approximate surface area is 104 Å². The van der Waals surface area contributed by atoms with Crippen LogP contribution in [0, 0.1) is 5.92 Å². The van der Waals surface area contributed by atoms with E-state index in [-0.39, 0.29) is 11.6 Å². The van der Waals surface area contributed by atoms with Crippen molar-refractivity contribution in [1.82, 2.24) is 5.32 Å². The van der Waals surface area contributed by atoms with Gasteiger partial charge in [-0.2, -0.15) is 0 Å². The third kappa shape index (κ3) is 5.50. The minimum atomic E-state index is -0.676. The van der Waals surface area contributed by atoms with Crippen LogP contribution >= 0.6 is 0 Å². The summed E-state index contributed by atoms with van der Waals surface area (Å²) >= 11 is 0. The van der Waals surface area contributed by atoms with Crippen molar-refractivity contribution < 1.29 is 9.90 Å². The molecule has 1 saturated heterocycles. The number of nitrogens with two attached hydrogens (primary N) is 1. The number of carboxylic acids is 1. The van der Waals surface area contributed by atoms with Crippen molar-refractivity contribution >= 4 is 5.97 Å². The zero-order valence-corrected chi connectivity index (χ0v) is 11.2. The first kappa shape index (κ1) is 14.5. The van der Waals surface area contributed by atoms with Crippen LogP contribution in [0.1, 0.15) is 52.9 Å². The third-order valence-corrected chi connectivity index (χ3v) is 3.16. The van der Waals surface area contributed by atoms with E-state index in [1.165, 1.54) is 25.7 Å². The molecule has 0 amide bonds. The van der Waals surface area contributed by atoms with Gasteiger partial charge in [0.25, 0.3) is 0 Å². The molecule has 3 atom stereocenters. The molecule has 2 fully saturated rings. The molecule has 1 heterocycles. The fourth-order valence-electron chi connectivity index (χ4n) is 2.51. The van der Waals surface area contributed by atoms with E-state index in [0.29, 0.717) is 12.0 Å². The Morgan fingerprint density at radius 2 is 1.82 bits per heavy atom. The second-order valence-corrected chi connectivity index (χ2v) is 6.31. The van der Waals surface area contributed by atoms with Gasteiger partial charge >= 0.3 is 5.97 Å². The van der Waals surface area contributed by atoms with Gasteiger partial charge in [0, 0.05) is 11.6 Å². The van der Waals surface area contributed by atoms with Crippen LogP contribution in [-0.4, -0.2) is 28.7 Å². The van der Waals surface area contributed by atoms with Crippen LogP contribution in [-0.2, 0) is 4.79 Å². The fraction of sp³-hybridized carbons (Fsp3) is 0.923. The van der Waals surface area contributed by atoms with Gasteiger partial charge in [0.2, 0.25) is 0 Å². The molecule has 4 N–H and O–H groups in total. The molecular formula is C13H26N2O2. The van der Waals surface area contributed by atoms with Gasteiger partial charge in [0.05, 0.1) is 0 Å². The topological polar surface area (TPSA) is 75.4 Å². The number of carboxylic acid groups (broad SMARTS) is 1. The predicted molar refractivity (Wildman–Crippen MR) is 68.9 cm³/mol. The molecule has 0 aromatic heterocycles. The SMILES string of the molecule is CC(C)(C)N.O=C(O)C1CC2CCCCC2N1. The van der Waals surface area contributed by atoms with Crippen molar-refractivity contribution in [3.63, 3.8) is 0 Å². The van der Waals surface area contributed by atoms with E-state index in [2.05, 4.69) is 5.32 Å². The zero-order valence-electron chi connectivity index (χ0n) is 11.2. The van der Waals surface area contributed by atoms with Crippen molar-refractivity contribution in [1.29, 1.82) is 0 Å². The number of fused-ring (bicyclic) bond motifs is 1. The highest BCUT2D eigenvalue weighted by Crippen LogP contribution is 2.33. The Balaban J connectivity index is 0.000000249. The zero-order chi connectivity index (χ0) is 13.1. The standard InChI is InChI=1S/C9H15NO2.C4H11N/c11-9(12)8-5-6-3-1-2-4-7(6)10-8;1-4(2,3)5/h6-8,10H,1-5H2,(H,11,12);5H2,1-3H3. The first-order valence-corrected chi connectivity index (χ1v) is 6.55. The van der Waals surface area contributed by atoms with Crippen LogP contribution < -0.4 is 11.1 Å². The van der Waals surface area contributed by atoms with Crippen molar-refractivity contribution in [2.75, 3.05) is 0 Å². The summed E-state index contributed by atoms with van der Waals surface area (Å²) in [6.07, 6.45) is 5.80. The summed E-state index contributed by atoms with van der Waals surface area (Å²) in [7, 11) is 0. The third-order valence-electron chi connectivity index (χ3n) is 3.16. The van der Waals surface area contributed by atoms with Crippen LogP contribution in [0.4, 0.5) is 0 Å². The second-order valence-electron chi connectivity index (χ2n) is 6.31. The van der Waals surface area contributed by atoms with Gasteiger partial charge in [0.15, 0.2) is 0 Å². The van der Waals surface area contributed by atoms with E-state index in [4.69, 9.17) is 10.8 Å². The van der Waals surface area contributed by atoms with E-state index in [1.807, 2.05) is 20.8 Å². The summed E-state index contributed by atoms with van der Waals surface area (Å²) in [6.45, 7) is 5.90. The summed E-state index contributed by atoms with van der Waals surface area (Å²) in [6, 6.07) is 0.234. The molecule has 2 aliphatic rings. The molecule has 100 valence electrons. The maximum Gasteiger partial charge on any atom is 0.320 e. The molecule has 17 heavy (non-hydrogen) atoms. The Kier molecular flexibility index (Phi) is 4.95. The van der Waals surface area contributed by atoms with Gasteiger partial charge in [-0.05, 0) is 46.0 Å². The molecule has 0 radical (unpaired) electrons. The quantitative estimate of drug-likeness (QED) is 0.654. The lowest BCUT2D eigenvalue weighted by molar-refractivity contribution is -0.139. The molecule has 2 rings (SSSR count). The Morgan fingerprint density at radius 1 is 1.29 bits per heavy atom. The first-order chi connectivity index (χ1) is 7.77. The molecular weight excluding hydrogens is 216 g/mol. The lowest BCUT2D eigenvalue weighted by Crippen LogP contribution is -2.36. The molecule has 0 spiro atoms. The first-order valence-electron chi connectivity index (χ1n) is 6.55. The van der Waals surface area contributed by atoms with Gasteiger partial charge in [-0.25, -0.2) is 0 Å². The van der Waals surface area contributed by atoms with Crippen LogP contribution in [0.5, 0.6) is 0 Å². The Morgan fingerprint density at radius 3 is 2.29 bits per heavy atom. The lowest BCUT2D eigenvalue weighted by Gasteiger charge is -2.24. The maximum atomic E-state index is 10.7. The van der Waals surface area contributed by atoms with Crippen molar-refractivity contribution in [3.8, 4) is 0 Å². The van der Waals surface area contributed by atoms with Crippen LogP contribution in [0.25, 0.3) is 0 Å². The largest absolute Gasteiger partial charge is 0.480 e. The smallest absolute Gasteiger partial charge is 0.320 e. The molecule has 1 aliphatic heterocycles. The molecule has 0 bridgehead atoms. The average molecular weight is 242 g/mol. The molecule has 0 aromatic carbocycles. The maximum absolute atomic E-state index is 10.7. The van der Waals surface area contributed by atoms with Gasteiger partial charge in [0.1, 0.15) is 6.04 Å². The summed E-state index contributed by atoms with van der Waals surface area (Å²) in [5, 5.41) is 12.0. The predicted octanol–water partition coefficient (Wildman–Crippen LogP) is 1.74. The van der Waals surface area contributed by atoms with Gasteiger partial charge in [-0.1, -0.05) is 12.8 Å². The van der Waals surface area contributed by atoms with E-state index in [9.17, 15) is 4.79 Å². The van der Waals surface area contributed by atoms with E-state index in [1.54, 1.807) is 0 Å². The van der Waals surface area contributed by atoms with Gasteiger partial charge < -0.3 is 16.2 Å². The summed E-state index contributed by atoms with van der Waals surface area (Å²) < 4.78 is 0.